The first kappa shape index (κ1) is 17.4. The minimum atomic E-state index is -0.916. The van der Waals surface area contributed by atoms with E-state index in [1.165, 1.54) is 12.1 Å². The summed E-state index contributed by atoms with van der Waals surface area (Å²) >= 11 is 0. The fourth-order valence-corrected chi connectivity index (χ4v) is 2.15. The zero-order valence-electron chi connectivity index (χ0n) is 13.2. The SMILES string of the molecule is CCN(CC(C)(C)O)C(=O)NCCc1ccc(F)cc1C. The molecule has 118 valence electrons. The van der Waals surface area contributed by atoms with Crippen molar-refractivity contribution in [3.63, 3.8) is 0 Å². The normalized spacial score (nSPS) is 11.3. The molecule has 0 fully saturated rings. The number of hydrogen-bond acceptors (Lipinski definition) is 2. The second-order valence-corrected chi connectivity index (χ2v) is 5.88. The molecule has 0 atom stereocenters. The Labute approximate surface area is 126 Å². The van der Waals surface area contributed by atoms with Crippen LogP contribution in [0.4, 0.5) is 9.18 Å². The van der Waals surface area contributed by atoms with E-state index in [1.807, 2.05) is 13.8 Å². The molecule has 0 aromatic heterocycles. The first-order chi connectivity index (χ1) is 9.73. The summed E-state index contributed by atoms with van der Waals surface area (Å²) in [5.41, 5.74) is 0.983. The summed E-state index contributed by atoms with van der Waals surface area (Å²) in [5.74, 6) is -0.248. The topological polar surface area (TPSA) is 52.6 Å². The molecule has 1 aromatic carbocycles. The summed E-state index contributed by atoms with van der Waals surface area (Å²) in [4.78, 5) is 13.6. The number of nitrogens with zero attached hydrogens (tertiary/aromatic N) is 1. The number of likely N-dealkylation sites (N-methyl/N-ethyl adjacent to an activating group) is 1. The first-order valence-corrected chi connectivity index (χ1v) is 7.23. The fourth-order valence-electron chi connectivity index (χ4n) is 2.15. The van der Waals surface area contributed by atoms with E-state index >= 15 is 0 Å². The zero-order chi connectivity index (χ0) is 16.0. The Hall–Kier alpha value is -1.62. The van der Waals surface area contributed by atoms with Crippen molar-refractivity contribution in [3.05, 3.63) is 35.1 Å². The number of halogens is 1. The van der Waals surface area contributed by atoms with Crippen molar-refractivity contribution < 1.29 is 14.3 Å². The molecule has 1 aromatic rings. The van der Waals surface area contributed by atoms with Gasteiger partial charge in [0, 0.05) is 13.1 Å². The number of urea groups is 1. The van der Waals surface area contributed by atoms with Crippen LogP contribution >= 0.6 is 0 Å². The number of aryl methyl sites for hydroxylation is 1. The Morgan fingerprint density at radius 2 is 2.10 bits per heavy atom. The van der Waals surface area contributed by atoms with Gasteiger partial charge >= 0.3 is 6.03 Å². The predicted molar refractivity (Wildman–Crippen MR) is 81.8 cm³/mol. The molecule has 2 amide bonds. The van der Waals surface area contributed by atoms with Crippen molar-refractivity contribution in [1.29, 1.82) is 0 Å². The van der Waals surface area contributed by atoms with Crippen molar-refractivity contribution in [2.45, 2.75) is 39.7 Å². The van der Waals surface area contributed by atoms with Crippen LogP contribution in [-0.4, -0.2) is 41.3 Å². The van der Waals surface area contributed by atoms with Crippen LogP contribution in [0.15, 0.2) is 18.2 Å². The van der Waals surface area contributed by atoms with Gasteiger partial charge in [0.2, 0.25) is 0 Å². The summed E-state index contributed by atoms with van der Waals surface area (Å²) in [7, 11) is 0. The van der Waals surface area contributed by atoms with Gasteiger partial charge in [0.15, 0.2) is 0 Å². The number of rotatable bonds is 6. The van der Waals surface area contributed by atoms with Gasteiger partial charge in [-0.25, -0.2) is 9.18 Å². The third kappa shape index (κ3) is 6.12. The van der Waals surface area contributed by atoms with Crippen LogP contribution in [-0.2, 0) is 6.42 Å². The highest BCUT2D eigenvalue weighted by molar-refractivity contribution is 5.74. The van der Waals surface area contributed by atoms with E-state index in [0.717, 1.165) is 11.1 Å². The molecule has 0 heterocycles. The van der Waals surface area contributed by atoms with Gasteiger partial charge in [0.25, 0.3) is 0 Å². The number of amides is 2. The molecule has 4 nitrogen and oxygen atoms in total. The number of aliphatic hydroxyl groups is 1. The van der Waals surface area contributed by atoms with Crippen molar-refractivity contribution in [3.8, 4) is 0 Å². The predicted octanol–water partition coefficient (Wildman–Crippen LogP) is 2.48. The van der Waals surface area contributed by atoms with Crippen LogP contribution in [0.1, 0.15) is 31.9 Å². The van der Waals surface area contributed by atoms with Crippen LogP contribution in [0.5, 0.6) is 0 Å². The van der Waals surface area contributed by atoms with Crippen LogP contribution in [0.3, 0.4) is 0 Å². The van der Waals surface area contributed by atoms with E-state index in [4.69, 9.17) is 0 Å². The van der Waals surface area contributed by atoms with Gasteiger partial charge in [-0.15, -0.1) is 0 Å². The zero-order valence-corrected chi connectivity index (χ0v) is 13.2. The number of benzene rings is 1. The van der Waals surface area contributed by atoms with E-state index in [0.29, 0.717) is 19.5 Å². The van der Waals surface area contributed by atoms with Crippen LogP contribution < -0.4 is 5.32 Å². The first-order valence-electron chi connectivity index (χ1n) is 7.23. The lowest BCUT2D eigenvalue weighted by Gasteiger charge is -2.28. The van der Waals surface area contributed by atoms with E-state index in [9.17, 15) is 14.3 Å². The van der Waals surface area contributed by atoms with Crippen molar-refractivity contribution in [1.82, 2.24) is 10.2 Å². The Morgan fingerprint density at radius 1 is 1.43 bits per heavy atom. The third-order valence-corrected chi connectivity index (χ3v) is 3.22. The average Bonchev–Trinajstić information content (AvgIpc) is 2.37. The maximum atomic E-state index is 13.0. The Balaban J connectivity index is 2.48. The van der Waals surface area contributed by atoms with Gasteiger partial charge in [0.1, 0.15) is 5.82 Å². The van der Waals surface area contributed by atoms with Gasteiger partial charge in [-0.05, 0) is 57.4 Å². The summed E-state index contributed by atoms with van der Waals surface area (Å²) in [6.45, 7) is 8.36. The quantitative estimate of drug-likeness (QED) is 0.847. The van der Waals surface area contributed by atoms with Gasteiger partial charge in [-0.1, -0.05) is 6.07 Å². The standard InChI is InChI=1S/C16H25FN2O2/c1-5-19(11-16(3,4)21)15(20)18-9-8-13-6-7-14(17)10-12(13)2/h6-7,10,21H,5,8-9,11H2,1-4H3,(H,18,20). The number of carbonyl (C=O) groups excluding carboxylic acids is 1. The van der Waals surface area contributed by atoms with Gasteiger partial charge < -0.3 is 15.3 Å². The number of hydrogen-bond donors (Lipinski definition) is 2. The van der Waals surface area contributed by atoms with Crippen molar-refractivity contribution in [2.24, 2.45) is 0 Å². The van der Waals surface area contributed by atoms with E-state index in [1.54, 1.807) is 24.8 Å². The second-order valence-electron chi connectivity index (χ2n) is 5.88. The molecular formula is C16H25FN2O2. The minimum Gasteiger partial charge on any atom is -0.389 e. The molecule has 0 aliphatic carbocycles. The summed E-state index contributed by atoms with van der Waals surface area (Å²) < 4.78 is 13.0. The van der Waals surface area contributed by atoms with E-state index in [-0.39, 0.29) is 18.4 Å². The molecule has 0 saturated carbocycles. The highest BCUT2D eigenvalue weighted by atomic mass is 19.1. The summed E-state index contributed by atoms with van der Waals surface area (Å²) in [6.07, 6.45) is 0.651. The Kier molecular flexibility index (Phi) is 6.15. The smallest absolute Gasteiger partial charge is 0.317 e. The van der Waals surface area contributed by atoms with E-state index in [2.05, 4.69) is 5.32 Å². The van der Waals surface area contributed by atoms with Crippen LogP contribution in [0.25, 0.3) is 0 Å². The molecule has 0 aliphatic rings. The lowest BCUT2D eigenvalue weighted by atomic mass is 10.1. The lowest BCUT2D eigenvalue weighted by molar-refractivity contribution is 0.0480. The molecule has 5 heteroatoms. The lowest BCUT2D eigenvalue weighted by Crippen LogP contribution is -2.47. The van der Waals surface area contributed by atoms with Gasteiger partial charge in [-0.2, -0.15) is 0 Å². The molecule has 0 unspecified atom stereocenters. The molecule has 0 aliphatic heterocycles. The third-order valence-electron chi connectivity index (χ3n) is 3.22. The molecule has 0 bridgehead atoms. The van der Waals surface area contributed by atoms with Gasteiger partial charge in [0.05, 0.1) is 12.1 Å². The average molecular weight is 296 g/mol. The molecule has 21 heavy (non-hydrogen) atoms. The van der Waals surface area contributed by atoms with Crippen LogP contribution in [0.2, 0.25) is 0 Å². The van der Waals surface area contributed by atoms with Crippen molar-refractivity contribution >= 4 is 6.03 Å². The second kappa shape index (κ2) is 7.41. The number of nitrogens with one attached hydrogen (secondary N) is 1. The van der Waals surface area contributed by atoms with Crippen LogP contribution in [0, 0.1) is 12.7 Å². The monoisotopic (exact) mass is 296 g/mol. The highest BCUT2D eigenvalue weighted by Crippen LogP contribution is 2.10. The van der Waals surface area contributed by atoms with Gasteiger partial charge in [-0.3, -0.25) is 0 Å². The summed E-state index contributed by atoms with van der Waals surface area (Å²) in [5, 5.41) is 12.6. The number of carbonyl (C=O) groups is 1. The van der Waals surface area contributed by atoms with Crippen molar-refractivity contribution in [2.75, 3.05) is 19.6 Å². The molecule has 1 rings (SSSR count). The molecule has 0 saturated heterocycles. The minimum absolute atomic E-state index is 0.195. The summed E-state index contributed by atoms with van der Waals surface area (Å²) in [6, 6.07) is 4.46. The van der Waals surface area contributed by atoms with E-state index < -0.39 is 5.60 Å². The largest absolute Gasteiger partial charge is 0.389 e. The molecular weight excluding hydrogens is 271 g/mol. The molecule has 0 radical (unpaired) electrons. The Morgan fingerprint density at radius 3 is 2.62 bits per heavy atom. The highest BCUT2D eigenvalue weighted by Gasteiger charge is 2.20. The Bertz CT molecular complexity index is 484. The molecule has 0 spiro atoms. The fraction of sp³-hybridized carbons (Fsp3) is 0.562. The molecule has 2 N–H and O–H groups in total. The maximum absolute atomic E-state index is 13.0. The maximum Gasteiger partial charge on any atom is 0.317 e.